The van der Waals surface area contributed by atoms with Gasteiger partial charge in [-0.1, -0.05) is 12.1 Å². The first-order valence-electron chi connectivity index (χ1n) is 4.97. The van der Waals surface area contributed by atoms with Crippen molar-refractivity contribution in [1.82, 2.24) is 5.32 Å². The summed E-state index contributed by atoms with van der Waals surface area (Å²) in [5, 5.41) is 12.1. The molecule has 1 atom stereocenters. The Kier molecular flexibility index (Phi) is 4.75. The van der Waals surface area contributed by atoms with Gasteiger partial charge >= 0.3 is 0 Å². The topological polar surface area (TPSA) is 84.6 Å². The monoisotopic (exact) mass is 224 g/mol. The number of phenols is 1. The summed E-state index contributed by atoms with van der Waals surface area (Å²) in [7, 11) is 1.54. The molecule has 0 aliphatic rings. The molecule has 1 rings (SSSR count). The highest BCUT2D eigenvalue weighted by molar-refractivity contribution is 5.96. The number of hydrogen-bond donors (Lipinski definition) is 3. The van der Waals surface area contributed by atoms with E-state index in [9.17, 15) is 9.90 Å². The Labute approximate surface area is 94.2 Å². The SMILES string of the molecule is COCC(CN)NC(=O)c1ccccc1O. The van der Waals surface area contributed by atoms with Gasteiger partial charge in [-0.25, -0.2) is 0 Å². The summed E-state index contributed by atoms with van der Waals surface area (Å²) in [5.74, 6) is -0.404. The van der Waals surface area contributed by atoms with Crippen LogP contribution in [-0.4, -0.2) is 37.3 Å². The number of carbonyl (C=O) groups is 1. The number of ether oxygens (including phenoxy) is 1. The van der Waals surface area contributed by atoms with E-state index in [2.05, 4.69) is 5.32 Å². The van der Waals surface area contributed by atoms with Crippen molar-refractivity contribution < 1.29 is 14.6 Å². The van der Waals surface area contributed by atoms with Gasteiger partial charge in [-0.3, -0.25) is 4.79 Å². The van der Waals surface area contributed by atoms with Crippen LogP contribution in [0.1, 0.15) is 10.4 Å². The summed E-state index contributed by atoms with van der Waals surface area (Å²) in [6.45, 7) is 0.628. The minimum atomic E-state index is -0.356. The lowest BCUT2D eigenvalue weighted by molar-refractivity contribution is 0.0898. The molecule has 5 heteroatoms. The van der Waals surface area contributed by atoms with E-state index < -0.39 is 0 Å². The fourth-order valence-corrected chi connectivity index (χ4v) is 1.30. The van der Waals surface area contributed by atoms with Gasteiger partial charge in [-0.15, -0.1) is 0 Å². The van der Waals surface area contributed by atoms with Gasteiger partial charge in [0.05, 0.1) is 18.2 Å². The van der Waals surface area contributed by atoms with Crippen LogP contribution in [0.4, 0.5) is 0 Å². The van der Waals surface area contributed by atoms with Gasteiger partial charge in [0.1, 0.15) is 5.75 Å². The van der Waals surface area contributed by atoms with Gasteiger partial charge in [0.25, 0.3) is 5.91 Å². The molecular formula is C11H16N2O3. The minimum Gasteiger partial charge on any atom is -0.507 e. The molecule has 1 unspecified atom stereocenters. The second kappa shape index (κ2) is 6.09. The van der Waals surface area contributed by atoms with E-state index in [4.69, 9.17) is 10.5 Å². The number of phenolic OH excluding ortho intramolecular Hbond substituents is 1. The van der Waals surface area contributed by atoms with Crippen molar-refractivity contribution in [2.24, 2.45) is 5.73 Å². The van der Waals surface area contributed by atoms with E-state index in [1.165, 1.54) is 13.2 Å². The Morgan fingerprint density at radius 2 is 2.25 bits per heavy atom. The number of benzene rings is 1. The number of nitrogens with one attached hydrogen (secondary N) is 1. The fraction of sp³-hybridized carbons (Fsp3) is 0.364. The summed E-state index contributed by atoms with van der Waals surface area (Å²) in [6, 6.07) is 6.09. The van der Waals surface area contributed by atoms with E-state index in [1.54, 1.807) is 18.2 Å². The van der Waals surface area contributed by atoms with Crippen LogP contribution in [0, 0.1) is 0 Å². The smallest absolute Gasteiger partial charge is 0.255 e. The molecule has 0 aromatic heterocycles. The molecule has 0 saturated heterocycles. The van der Waals surface area contributed by atoms with Crippen LogP contribution in [0.3, 0.4) is 0 Å². The molecule has 1 aromatic rings. The normalized spacial score (nSPS) is 12.1. The quantitative estimate of drug-likeness (QED) is 0.662. The van der Waals surface area contributed by atoms with Gasteiger partial charge in [-0.2, -0.15) is 0 Å². The van der Waals surface area contributed by atoms with Gasteiger partial charge in [0.15, 0.2) is 0 Å². The molecule has 16 heavy (non-hydrogen) atoms. The van der Waals surface area contributed by atoms with Crippen molar-refractivity contribution in [3.63, 3.8) is 0 Å². The zero-order chi connectivity index (χ0) is 12.0. The molecule has 0 aliphatic carbocycles. The van der Waals surface area contributed by atoms with Crippen molar-refractivity contribution in [3.05, 3.63) is 29.8 Å². The Morgan fingerprint density at radius 3 is 2.81 bits per heavy atom. The van der Waals surface area contributed by atoms with Gasteiger partial charge < -0.3 is 20.9 Å². The molecule has 1 amide bonds. The lowest BCUT2D eigenvalue weighted by atomic mass is 10.1. The lowest BCUT2D eigenvalue weighted by Gasteiger charge is -2.16. The van der Waals surface area contributed by atoms with E-state index in [0.717, 1.165) is 0 Å². The third-order valence-electron chi connectivity index (χ3n) is 2.14. The summed E-state index contributed by atoms with van der Waals surface area (Å²) < 4.78 is 4.90. The maximum atomic E-state index is 11.7. The average molecular weight is 224 g/mol. The van der Waals surface area contributed by atoms with Gasteiger partial charge in [-0.05, 0) is 12.1 Å². The first kappa shape index (κ1) is 12.5. The molecule has 0 bridgehead atoms. The van der Waals surface area contributed by atoms with E-state index in [-0.39, 0.29) is 29.8 Å². The largest absolute Gasteiger partial charge is 0.507 e. The number of hydrogen-bond acceptors (Lipinski definition) is 4. The standard InChI is InChI=1S/C11H16N2O3/c1-16-7-8(6-12)13-11(15)9-4-2-3-5-10(9)14/h2-5,8,14H,6-7,12H2,1H3,(H,13,15). The molecule has 4 N–H and O–H groups in total. The van der Waals surface area contributed by atoms with Crippen molar-refractivity contribution in [2.75, 3.05) is 20.3 Å². The van der Waals surface area contributed by atoms with Crippen LogP contribution in [-0.2, 0) is 4.74 Å². The fourth-order valence-electron chi connectivity index (χ4n) is 1.30. The second-order valence-electron chi connectivity index (χ2n) is 3.38. The van der Waals surface area contributed by atoms with Gasteiger partial charge in [0, 0.05) is 13.7 Å². The molecular weight excluding hydrogens is 208 g/mol. The Balaban J connectivity index is 2.68. The summed E-state index contributed by atoms with van der Waals surface area (Å²) in [5.41, 5.74) is 5.70. The maximum absolute atomic E-state index is 11.7. The number of carbonyl (C=O) groups excluding carboxylic acids is 1. The summed E-state index contributed by atoms with van der Waals surface area (Å²) >= 11 is 0. The number of nitrogens with two attached hydrogens (primary N) is 1. The van der Waals surface area contributed by atoms with Crippen LogP contribution in [0.5, 0.6) is 5.75 Å². The van der Waals surface area contributed by atoms with Crippen LogP contribution in [0.15, 0.2) is 24.3 Å². The minimum absolute atomic E-state index is 0.0480. The third-order valence-corrected chi connectivity index (χ3v) is 2.14. The third kappa shape index (κ3) is 3.22. The molecule has 1 aromatic carbocycles. The zero-order valence-electron chi connectivity index (χ0n) is 9.14. The highest BCUT2D eigenvalue weighted by atomic mass is 16.5. The Morgan fingerprint density at radius 1 is 1.56 bits per heavy atom. The highest BCUT2D eigenvalue weighted by Crippen LogP contribution is 2.15. The average Bonchev–Trinajstić information content (AvgIpc) is 2.28. The number of aromatic hydroxyl groups is 1. The van der Waals surface area contributed by atoms with E-state index >= 15 is 0 Å². The van der Waals surface area contributed by atoms with Crippen LogP contribution < -0.4 is 11.1 Å². The summed E-state index contributed by atoms with van der Waals surface area (Å²) in [4.78, 5) is 11.7. The molecule has 0 aliphatic heterocycles. The van der Waals surface area contributed by atoms with Crippen molar-refractivity contribution in [3.8, 4) is 5.75 Å². The van der Waals surface area contributed by atoms with E-state index in [1.807, 2.05) is 0 Å². The molecule has 0 radical (unpaired) electrons. The maximum Gasteiger partial charge on any atom is 0.255 e. The second-order valence-corrected chi connectivity index (χ2v) is 3.38. The zero-order valence-corrected chi connectivity index (χ0v) is 9.14. The highest BCUT2D eigenvalue weighted by Gasteiger charge is 2.14. The number of rotatable bonds is 5. The van der Waals surface area contributed by atoms with Crippen LogP contribution in [0.25, 0.3) is 0 Å². The Bertz CT molecular complexity index is 355. The molecule has 0 fully saturated rings. The Hall–Kier alpha value is -1.59. The predicted molar refractivity (Wildman–Crippen MR) is 60.3 cm³/mol. The van der Waals surface area contributed by atoms with Crippen molar-refractivity contribution in [1.29, 1.82) is 0 Å². The molecule has 0 heterocycles. The predicted octanol–water partition coefficient (Wildman–Crippen LogP) is 0.0957. The molecule has 0 spiro atoms. The first-order valence-corrected chi connectivity index (χ1v) is 4.97. The molecule has 5 nitrogen and oxygen atoms in total. The van der Waals surface area contributed by atoms with Crippen LogP contribution in [0.2, 0.25) is 0 Å². The molecule has 0 saturated carbocycles. The van der Waals surface area contributed by atoms with Crippen molar-refractivity contribution in [2.45, 2.75) is 6.04 Å². The number of amides is 1. The summed E-state index contributed by atoms with van der Waals surface area (Å²) in [6.07, 6.45) is 0. The molecule has 88 valence electrons. The van der Waals surface area contributed by atoms with E-state index in [0.29, 0.717) is 6.61 Å². The van der Waals surface area contributed by atoms with Gasteiger partial charge in [0.2, 0.25) is 0 Å². The first-order chi connectivity index (χ1) is 7.69. The number of para-hydroxylation sites is 1. The number of methoxy groups -OCH3 is 1. The van der Waals surface area contributed by atoms with Crippen LogP contribution >= 0.6 is 0 Å². The van der Waals surface area contributed by atoms with Crippen molar-refractivity contribution >= 4 is 5.91 Å². The lowest BCUT2D eigenvalue weighted by Crippen LogP contribution is -2.43.